The van der Waals surface area contributed by atoms with Crippen LogP contribution in [0.2, 0.25) is 0 Å². The van der Waals surface area contributed by atoms with E-state index in [1.54, 1.807) is 0 Å². The molecule has 0 aliphatic rings. The summed E-state index contributed by atoms with van der Waals surface area (Å²) in [5.74, 6) is 0.873. The van der Waals surface area contributed by atoms with Crippen molar-refractivity contribution in [3.05, 3.63) is 29.8 Å². The van der Waals surface area contributed by atoms with Crippen LogP contribution in [0.25, 0.3) is 0 Å². The first-order valence-corrected chi connectivity index (χ1v) is 6.13. The van der Waals surface area contributed by atoms with Gasteiger partial charge in [0.15, 0.2) is 0 Å². The zero-order valence-corrected chi connectivity index (χ0v) is 11.2. The standard InChI is InChI=1S/C14H23NO2/c1-5-16-12-9-7-11(8-10-12)13(15)14(3,4)17-6-2/h7-10,13H,5-6,15H2,1-4H3. The molecule has 1 atom stereocenters. The van der Waals surface area contributed by atoms with Crippen LogP contribution in [0.1, 0.15) is 39.3 Å². The molecule has 0 aromatic heterocycles. The van der Waals surface area contributed by atoms with E-state index in [-0.39, 0.29) is 11.6 Å². The van der Waals surface area contributed by atoms with Crippen LogP contribution in [0.4, 0.5) is 0 Å². The number of rotatable bonds is 6. The highest BCUT2D eigenvalue weighted by molar-refractivity contribution is 5.30. The molecule has 2 N–H and O–H groups in total. The highest BCUT2D eigenvalue weighted by Crippen LogP contribution is 2.27. The van der Waals surface area contributed by atoms with Crippen molar-refractivity contribution in [3.63, 3.8) is 0 Å². The summed E-state index contributed by atoms with van der Waals surface area (Å²) < 4.78 is 11.1. The normalized spacial score (nSPS) is 13.5. The maximum atomic E-state index is 6.22. The fraction of sp³-hybridized carbons (Fsp3) is 0.571. The lowest BCUT2D eigenvalue weighted by Crippen LogP contribution is -2.38. The van der Waals surface area contributed by atoms with Gasteiger partial charge in [-0.25, -0.2) is 0 Å². The molecule has 0 spiro atoms. The molecular weight excluding hydrogens is 214 g/mol. The first-order valence-electron chi connectivity index (χ1n) is 6.13. The Morgan fingerprint density at radius 1 is 1.12 bits per heavy atom. The van der Waals surface area contributed by atoms with Gasteiger partial charge in [-0.2, -0.15) is 0 Å². The summed E-state index contributed by atoms with van der Waals surface area (Å²) in [6, 6.07) is 7.74. The highest BCUT2D eigenvalue weighted by Gasteiger charge is 2.27. The van der Waals surface area contributed by atoms with Crippen LogP contribution in [0, 0.1) is 0 Å². The van der Waals surface area contributed by atoms with Gasteiger partial charge in [0.1, 0.15) is 5.75 Å². The Morgan fingerprint density at radius 3 is 2.18 bits per heavy atom. The molecule has 0 aliphatic heterocycles. The van der Waals surface area contributed by atoms with Crippen molar-refractivity contribution in [1.29, 1.82) is 0 Å². The van der Waals surface area contributed by atoms with Crippen molar-refractivity contribution >= 4 is 0 Å². The third kappa shape index (κ3) is 3.72. The summed E-state index contributed by atoms with van der Waals surface area (Å²) in [5, 5.41) is 0. The van der Waals surface area contributed by atoms with Gasteiger partial charge in [0, 0.05) is 6.61 Å². The second-order valence-corrected chi connectivity index (χ2v) is 4.52. The molecule has 96 valence electrons. The van der Waals surface area contributed by atoms with Crippen molar-refractivity contribution in [2.45, 2.75) is 39.3 Å². The van der Waals surface area contributed by atoms with E-state index in [1.165, 1.54) is 0 Å². The van der Waals surface area contributed by atoms with E-state index in [0.717, 1.165) is 11.3 Å². The molecule has 0 amide bonds. The van der Waals surface area contributed by atoms with Crippen LogP contribution in [0.15, 0.2) is 24.3 Å². The third-order valence-electron chi connectivity index (χ3n) is 2.82. The fourth-order valence-corrected chi connectivity index (χ4v) is 1.80. The summed E-state index contributed by atoms with van der Waals surface area (Å²) in [6.45, 7) is 9.31. The number of hydrogen-bond donors (Lipinski definition) is 1. The Labute approximate surface area is 104 Å². The van der Waals surface area contributed by atoms with Crippen LogP contribution in [-0.4, -0.2) is 18.8 Å². The van der Waals surface area contributed by atoms with E-state index < -0.39 is 0 Å². The van der Waals surface area contributed by atoms with Gasteiger partial charge < -0.3 is 15.2 Å². The average Bonchev–Trinajstić information content (AvgIpc) is 2.29. The van der Waals surface area contributed by atoms with Gasteiger partial charge in [0.05, 0.1) is 18.2 Å². The molecule has 1 unspecified atom stereocenters. The molecule has 3 heteroatoms. The van der Waals surface area contributed by atoms with Crippen molar-refractivity contribution in [2.75, 3.05) is 13.2 Å². The number of nitrogens with two attached hydrogens (primary N) is 1. The summed E-state index contributed by atoms with van der Waals surface area (Å²) in [6.07, 6.45) is 0. The molecule has 0 heterocycles. The van der Waals surface area contributed by atoms with Crippen LogP contribution < -0.4 is 10.5 Å². The molecule has 17 heavy (non-hydrogen) atoms. The lowest BCUT2D eigenvalue weighted by atomic mass is 9.92. The first-order chi connectivity index (χ1) is 8.01. The van der Waals surface area contributed by atoms with Crippen molar-refractivity contribution in [1.82, 2.24) is 0 Å². The minimum atomic E-state index is -0.359. The molecule has 0 bridgehead atoms. The van der Waals surface area contributed by atoms with Gasteiger partial charge in [0.25, 0.3) is 0 Å². The molecule has 0 saturated heterocycles. The maximum Gasteiger partial charge on any atom is 0.119 e. The molecule has 1 aromatic rings. The summed E-state index contributed by atoms with van der Waals surface area (Å²) in [7, 11) is 0. The molecule has 0 saturated carbocycles. The van der Waals surface area contributed by atoms with Gasteiger partial charge in [-0.05, 0) is 45.4 Å². The van der Waals surface area contributed by atoms with Crippen LogP contribution in [0.5, 0.6) is 5.75 Å². The van der Waals surface area contributed by atoms with Crippen molar-refractivity contribution in [2.24, 2.45) is 5.73 Å². The fourth-order valence-electron chi connectivity index (χ4n) is 1.80. The molecule has 0 aliphatic carbocycles. The number of ether oxygens (including phenoxy) is 2. The van der Waals surface area contributed by atoms with Gasteiger partial charge in [0.2, 0.25) is 0 Å². The van der Waals surface area contributed by atoms with Gasteiger partial charge in [-0.3, -0.25) is 0 Å². The summed E-state index contributed by atoms with van der Waals surface area (Å²) in [5.41, 5.74) is 6.92. The zero-order chi connectivity index (χ0) is 12.9. The lowest BCUT2D eigenvalue weighted by Gasteiger charge is -2.31. The predicted octanol–water partition coefficient (Wildman–Crippen LogP) is 2.90. The zero-order valence-electron chi connectivity index (χ0n) is 11.2. The van der Waals surface area contributed by atoms with E-state index in [1.807, 2.05) is 52.0 Å². The lowest BCUT2D eigenvalue weighted by molar-refractivity contribution is -0.0298. The number of hydrogen-bond acceptors (Lipinski definition) is 3. The Bertz CT molecular complexity index is 333. The monoisotopic (exact) mass is 237 g/mol. The Kier molecular flexibility index (Phi) is 4.97. The van der Waals surface area contributed by atoms with Gasteiger partial charge in [-0.1, -0.05) is 12.1 Å². The minimum Gasteiger partial charge on any atom is -0.494 e. The largest absolute Gasteiger partial charge is 0.494 e. The van der Waals surface area contributed by atoms with Crippen molar-refractivity contribution < 1.29 is 9.47 Å². The molecular formula is C14H23NO2. The van der Waals surface area contributed by atoms with E-state index >= 15 is 0 Å². The second-order valence-electron chi connectivity index (χ2n) is 4.52. The van der Waals surface area contributed by atoms with E-state index in [4.69, 9.17) is 15.2 Å². The van der Waals surface area contributed by atoms with Crippen LogP contribution in [-0.2, 0) is 4.74 Å². The Hall–Kier alpha value is -1.06. The maximum absolute atomic E-state index is 6.22. The predicted molar refractivity (Wildman–Crippen MR) is 70.2 cm³/mol. The molecule has 1 aromatic carbocycles. The Balaban J connectivity index is 2.78. The Morgan fingerprint density at radius 2 is 1.71 bits per heavy atom. The number of benzene rings is 1. The second kappa shape index (κ2) is 6.03. The topological polar surface area (TPSA) is 44.5 Å². The van der Waals surface area contributed by atoms with Crippen molar-refractivity contribution in [3.8, 4) is 5.75 Å². The SMILES string of the molecule is CCOc1ccc(C(N)C(C)(C)OCC)cc1. The van der Waals surface area contributed by atoms with Gasteiger partial charge in [-0.15, -0.1) is 0 Å². The highest BCUT2D eigenvalue weighted by atomic mass is 16.5. The minimum absolute atomic E-state index is 0.141. The summed E-state index contributed by atoms with van der Waals surface area (Å²) >= 11 is 0. The van der Waals surface area contributed by atoms with E-state index in [9.17, 15) is 0 Å². The molecule has 0 fully saturated rings. The third-order valence-corrected chi connectivity index (χ3v) is 2.82. The summed E-state index contributed by atoms with van der Waals surface area (Å²) in [4.78, 5) is 0. The molecule has 0 radical (unpaired) electrons. The molecule has 1 rings (SSSR count). The smallest absolute Gasteiger partial charge is 0.119 e. The van der Waals surface area contributed by atoms with Crippen LogP contribution in [0.3, 0.4) is 0 Å². The molecule has 3 nitrogen and oxygen atoms in total. The van der Waals surface area contributed by atoms with Crippen LogP contribution >= 0.6 is 0 Å². The quantitative estimate of drug-likeness (QED) is 0.827. The average molecular weight is 237 g/mol. The first kappa shape index (κ1) is 14.0. The van der Waals surface area contributed by atoms with E-state index in [2.05, 4.69) is 0 Å². The van der Waals surface area contributed by atoms with E-state index in [0.29, 0.717) is 13.2 Å². The van der Waals surface area contributed by atoms with Gasteiger partial charge >= 0.3 is 0 Å².